The molecule has 1 aliphatic heterocycles. The Kier molecular flexibility index (Phi) is 4.71. The van der Waals surface area contributed by atoms with E-state index in [1.807, 2.05) is 6.07 Å². The smallest absolute Gasteiger partial charge is 0.200 e. The third kappa shape index (κ3) is 2.87. The van der Waals surface area contributed by atoms with Crippen molar-refractivity contribution in [1.29, 1.82) is 0 Å². The Morgan fingerprint density at radius 2 is 2.47 bits per heavy atom. The van der Waals surface area contributed by atoms with Gasteiger partial charge < -0.3 is 10.1 Å². The number of nitrogens with one attached hydrogen (secondary N) is 1. The van der Waals surface area contributed by atoms with Crippen LogP contribution in [0.2, 0.25) is 0 Å². The molecule has 1 aromatic rings. The van der Waals surface area contributed by atoms with Crippen molar-refractivity contribution in [3.05, 3.63) is 18.0 Å². The van der Waals surface area contributed by atoms with Crippen LogP contribution in [0.4, 0.5) is 0 Å². The number of hydrogen-bond donors (Lipinski definition) is 1. The Hall–Kier alpha value is -1.20. The molecular weight excluding hydrogens is 242 g/mol. The van der Waals surface area contributed by atoms with Crippen molar-refractivity contribution < 1.29 is 9.53 Å². The lowest BCUT2D eigenvalue weighted by Gasteiger charge is -2.26. The minimum absolute atomic E-state index is 0.183. The number of aryl methyl sites for hydroxylation is 1. The first kappa shape index (κ1) is 14.2. The van der Waals surface area contributed by atoms with Gasteiger partial charge in [0.05, 0.1) is 5.54 Å². The van der Waals surface area contributed by atoms with E-state index in [9.17, 15) is 4.79 Å². The van der Waals surface area contributed by atoms with E-state index in [1.54, 1.807) is 18.0 Å². The Morgan fingerprint density at radius 1 is 1.63 bits per heavy atom. The molecule has 2 heterocycles. The summed E-state index contributed by atoms with van der Waals surface area (Å²) in [6.07, 6.45) is 5.39. The second kappa shape index (κ2) is 6.30. The summed E-state index contributed by atoms with van der Waals surface area (Å²) < 4.78 is 6.85. The number of rotatable bonds is 7. The molecule has 5 heteroatoms. The van der Waals surface area contributed by atoms with E-state index in [-0.39, 0.29) is 11.3 Å². The van der Waals surface area contributed by atoms with Crippen molar-refractivity contribution in [3.8, 4) is 0 Å². The minimum Gasteiger partial charge on any atom is -0.385 e. The van der Waals surface area contributed by atoms with Crippen LogP contribution in [0.15, 0.2) is 12.3 Å². The van der Waals surface area contributed by atoms with Crippen molar-refractivity contribution >= 4 is 5.78 Å². The number of ketones is 1. The maximum atomic E-state index is 12.8. The van der Waals surface area contributed by atoms with Gasteiger partial charge in [-0.2, -0.15) is 5.10 Å². The summed E-state index contributed by atoms with van der Waals surface area (Å²) in [5, 5.41) is 7.65. The third-order valence-electron chi connectivity index (χ3n) is 3.95. The summed E-state index contributed by atoms with van der Waals surface area (Å²) in [5.74, 6) is 0.183. The topological polar surface area (TPSA) is 56.2 Å². The molecule has 2 rings (SSSR count). The Balaban J connectivity index is 2.12. The van der Waals surface area contributed by atoms with Crippen LogP contribution in [-0.4, -0.2) is 41.4 Å². The molecule has 1 fully saturated rings. The second-order valence-electron chi connectivity index (χ2n) is 5.08. The van der Waals surface area contributed by atoms with Crippen molar-refractivity contribution in [2.75, 3.05) is 20.3 Å². The van der Waals surface area contributed by atoms with Crippen LogP contribution < -0.4 is 5.32 Å². The fraction of sp³-hybridized carbons (Fsp3) is 0.714. The molecule has 0 radical (unpaired) electrons. The highest BCUT2D eigenvalue weighted by molar-refractivity contribution is 6.02. The molecule has 1 N–H and O–H groups in total. The lowest BCUT2D eigenvalue weighted by molar-refractivity contribution is 0.0851. The van der Waals surface area contributed by atoms with Crippen LogP contribution in [0.3, 0.4) is 0 Å². The van der Waals surface area contributed by atoms with Gasteiger partial charge in [-0.15, -0.1) is 0 Å². The predicted molar refractivity (Wildman–Crippen MR) is 73.3 cm³/mol. The zero-order chi connectivity index (χ0) is 13.7. The molecular formula is C14H23N3O2. The summed E-state index contributed by atoms with van der Waals surface area (Å²) in [6.45, 7) is 4.41. The SMILES string of the molecule is CCC1(C(=O)c2ccnn2CCCOC)CCCN1. The molecule has 106 valence electrons. The summed E-state index contributed by atoms with van der Waals surface area (Å²) in [4.78, 5) is 12.8. The molecule has 1 aliphatic rings. The number of aromatic nitrogens is 2. The van der Waals surface area contributed by atoms with Gasteiger partial charge >= 0.3 is 0 Å². The van der Waals surface area contributed by atoms with Crippen LogP contribution in [0.25, 0.3) is 0 Å². The maximum absolute atomic E-state index is 12.8. The Bertz CT molecular complexity index is 422. The van der Waals surface area contributed by atoms with E-state index in [2.05, 4.69) is 17.3 Å². The molecule has 0 bridgehead atoms. The molecule has 0 aromatic carbocycles. The van der Waals surface area contributed by atoms with Crippen LogP contribution in [0, 0.1) is 0 Å². The van der Waals surface area contributed by atoms with Gasteiger partial charge in [0.2, 0.25) is 5.78 Å². The highest BCUT2D eigenvalue weighted by Crippen LogP contribution is 2.27. The van der Waals surface area contributed by atoms with Gasteiger partial charge in [-0.05, 0) is 38.3 Å². The quantitative estimate of drug-likeness (QED) is 0.601. The van der Waals surface area contributed by atoms with E-state index in [0.29, 0.717) is 12.3 Å². The lowest BCUT2D eigenvalue weighted by atomic mass is 9.87. The van der Waals surface area contributed by atoms with Gasteiger partial charge in [-0.3, -0.25) is 9.48 Å². The molecule has 0 saturated carbocycles. The fourth-order valence-electron chi connectivity index (χ4n) is 2.77. The average Bonchev–Trinajstić information content (AvgIpc) is 3.08. The van der Waals surface area contributed by atoms with Gasteiger partial charge in [-0.1, -0.05) is 6.92 Å². The van der Waals surface area contributed by atoms with Crippen molar-refractivity contribution in [3.63, 3.8) is 0 Å². The van der Waals surface area contributed by atoms with Crippen molar-refractivity contribution in [1.82, 2.24) is 15.1 Å². The molecule has 5 nitrogen and oxygen atoms in total. The van der Waals surface area contributed by atoms with E-state index in [0.717, 1.165) is 38.8 Å². The average molecular weight is 265 g/mol. The molecule has 19 heavy (non-hydrogen) atoms. The van der Waals surface area contributed by atoms with E-state index in [1.165, 1.54) is 0 Å². The van der Waals surface area contributed by atoms with Gasteiger partial charge in [0.25, 0.3) is 0 Å². The van der Waals surface area contributed by atoms with Crippen LogP contribution in [-0.2, 0) is 11.3 Å². The van der Waals surface area contributed by atoms with Gasteiger partial charge in [0, 0.05) is 26.5 Å². The summed E-state index contributed by atoms with van der Waals surface area (Å²) in [7, 11) is 1.68. The largest absolute Gasteiger partial charge is 0.385 e. The summed E-state index contributed by atoms with van der Waals surface area (Å²) >= 11 is 0. The highest BCUT2D eigenvalue weighted by atomic mass is 16.5. The van der Waals surface area contributed by atoms with E-state index in [4.69, 9.17) is 4.74 Å². The van der Waals surface area contributed by atoms with Crippen molar-refractivity contribution in [2.24, 2.45) is 0 Å². The number of Topliss-reactive ketones (excluding diaryl/α,β-unsaturated/α-hetero) is 1. The van der Waals surface area contributed by atoms with E-state index < -0.39 is 0 Å². The van der Waals surface area contributed by atoms with Crippen LogP contribution >= 0.6 is 0 Å². The third-order valence-corrected chi connectivity index (χ3v) is 3.95. The first-order valence-electron chi connectivity index (χ1n) is 7.04. The first-order chi connectivity index (χ1) is 9.23. The highest BCUT2D eigenvalue weighted by Gasteiger charge is 2.40. The monoisotopic (exact) mass is 265 g/mol. The number of hydrogen-bond acceptors (Lipinski definition) is 4. The maximum Gasteiger partial charge on any atom is 0.200 e. The van der Waals surface area contributed by atoms with Crippen LogP contribution in [0.1, 0.15) is 43.1 Å². The number of nitrogens with zero attached hydrogens (tertiary/aromatic N) is 2. The summed E-state index contributed by atoms with van der Waals surface area (Å²) in [5.41, 5.74) is 0.339. The minimum atomic E-state index is -0.376. The molecule has 0 aliphatic carbocycles. The molecule has 1 atom stereocenters. The zero-order valence-electron chi connectivity index (χ0n) is 11.8. The predicted octanol–water partition coefficient (Wildman–Crippen LogP) is 1.63. The van der Waals surface area contributed by atoms with Gasteiger partial charge in [-0.25, -0.2) is 0 Å². The number of ether oxygens (including phenoxy) is 1. The van der Waals surface area contributed by atoms with Crippen molar-refractivity contribution in [2.45, 2.75) is 44.7 Å². The standard InChI is InChI=1S/C14H23N3O2/c1-3-14(7-4-8-15-14)13(18)12-6-9-16-17(12)10-5-11-19-2/h6,9,15H,3-5,7-8,10-11H2,1-2H3. The second-order valence-corrected chi connectivity index (χ2v) is 5.08. The van der Waals surface area contributed by atoms with Gasteiger partial charge in [0.15, 0.2) is 0 Å². The molecule has 0 amide bonds. The van der Waals surface area contributed by atoms with Gasteiger partial charge in [0.1, 0.15) is 5.69 Å². The normalized spacial score (nSPS) is 22.8. The summed E-state index contributed by atoms with van der Waals surface area (Å²) in [6, 6.07) is 1.83. The molecule has 0 spiro atoms. The number of carbonyl (C=O) groups is 1. The first-order valence-corrected chi connectivity index (χ1v) is 7.04. The lowest BCUT2D eigenvalue weighted by Crippen LogP contribution is -2.47. The number of methoxy groups -OCH3 is 1. The van der Waals surface area contributed by atoms with Crippen LogP contribution in [0.5, 0.6) is 0 Å². The Morgan fingerprint density at radius 3 is 3.11 bits per heavy atom. The fourth-order valence-corrected chi connectivity index (χ4v) is 2.77. The zero-order valence-corrected chi connectivity index (χ0v) is 11.8. The molecule has 1 aromatic heterocycles. The number of carbonyl (C=O) groups excluding carboxylic acids is 1. The molecule has 1 saturated heterocycles. The van der Waals surface area contributed by atoms with E-state index >= 15 is 0 Å². The molecule has 1 unspecified atom stereocenters. The Labute approximate surface area is 114 Å².